The average Bonchev–Trinajstić information content (AvgIpc) is 3.22. The molecule has 3 heterocycles. The van der Waals surface area contributed by atoms with Crippen molar-refractivity contribution < 1.29 is 9.53 Å². The summed E-state index contributed by atoms with van der Waals surface area (Å²) in [6, 6.07) is 14.7. The lowest BCUT2D eigenvalue weighted by Gasteiger charge is -2.26. The molecule has 0 aliphatic carbocycles. The fourth-order valence-electron chi connectivity index (χ4n) is 4.29. The van der Waals surface area contributed by atoms with Gasteiger partial charge in [0.2, 0.25) is 5.91 Å². The van der Waals surface area contributed by atoms with Gasteiger partial charge in [0.15, 0.2) is 5.16 Å². The number of rotatable bonds is 6. The van der Waals surface area contributed by atoms with Crippen LogP contribution >= 0.6 is 34.7 Å². The number of halogens is 1. The first-order chi connectivity index (χ1) is 17.3. The summed E-state index contributed by atoms with van der Waals surface area (Å²) in [4.78, 5) is 33.3. The first-order valence-electron chi connectivity index (χ1n) is 11.7. The van der Waals surface area contributed by atoms with Crippen LogP contribution in [-0.2, 0) is 22.6 Å². The number of carbonyl (C=O) groups is 1. The molecule has 6 nitrogen and oxygen atoms in total. The van der Waals surface area contributed by atoms with Crippen LogP contribution in [0, 0.1) is 12.8 Å². The summed E-state index contributed by atoms with van der Waals surface area (Å²) in [6.07, 6.45) is 0.779. The Balaban J connectivity index is 1.53. The second-order valence-corrected chi connectivity index (χ2v) is 11.7. The van der Waals surface area contributed by atoms with Crippen molar-refractivity contribution in [3.8, 4) is 5.69 Å². The van der Waals surface area contributed by atoms with E-state index < -0.39 is 0 Å². The molecule has 0 spiro atoms. The van der Waals surface area contributed by atoms with Crippen LogP contribution in [0.2, 0.25) is 5.02 Å². The molecule has 0 bridgehead atoms. The van der Waals surface area contributed by atoms with Crippen molar-refractivity contribution in [2.45, 2.75) is 45.1 Å². The number of aromatic nitrogens is 2. The monoisotopic (exact) mass is 539 g/mol. The number of thiophene rings is 1. The van der Waals surface area contributed by atoms with E-state index >= 15 is 0 Å². The van der Waals surface area contributed by atoms with Gasteiger partial charge in [-0.2, -0.15) is 0 Å². The Bertz CT molecular complexity index is 1490. The van der Waals surface area contributed by atoms with Gasteiger partial charge in [0.05, 0.1) is 29.5 Å². The quantitative estimate of drug-likeness (QED) is 0.232. The molecule has 0 saturated carbocycles. The normalized spacial score (nSPS) is 15.3. The summed E-state index contributed by atoms with van der Waals surface area (Å²) in [5, 5.41) is 4.63. The number of fused-ring (bicyclic) bond motifs is 3. The van der Waals surface area contributed by atoms with Gasteiger partial charge < -0.3 is 10.1 Å². The van der Waals surface area contributed by atoms with E-state index in [0.717, 1.165) is 21.7 Å². The van der Waals surface area contributed by atoms with Gasteiger partial charge in [0.1, 0.15) is 4.83 Å². The summed E-state index contributed by atoms with van der Waals surface area (Å²) < 4.78 is 7.69. The molecular formula is C27H26ClN3O3S2. The van der Waals surface area contributed by atoms with Gasteiger partial charge in [0, 0.05) is 22.0 Å². The minimum absolute atomic E-state index is 0.0766. The van der Waals surface area contributed by atoms with Crippen LogP contribution in [0.3, 0.4) is 0 Å². The zero-order valence-electron chi connectivity index (χ0n) is 20.2. The van der Waals surface area contributed by atoms with Crippen molar-refractivity contribution >= 4 is 56.5 Å². The number of nitrogens with zero attached hydrogens (tertiary/aromatic N) is 2. The third kappa shape index (κ3) is 5.09. The minimum atomic E-state index is -0.189. The largest absolute Gasteiger partial charge is 0.372 e. The van der Waals surface area contributed by atoms with E-state index in [0.29, 0.717) is 45.0 Å². The van der Waals surface area contributed by atoms with Gasteiger partial charge >= 0.3 is 0 Å². The van der Waals surface area contributed by atoms with Gasteiger partial charge in [-0.25, -0.2) is 4.98 Å². The Kier molecular flexibility index (Phi) is 7.21. The van der Waals surface area contributed by atoms with Gasteiger partial charge in [-0.05, 0) is 60.4 Å². The molecule has 2 aromatic carbocycles. The summed E-state index contributed by atoms with van der Waals surface area (Å²) in [5.74, 6) is 0.274. The lowest BCUT2D eigenvalue weighted by molar-refractivity contribution is -0.113. The highest BCUT2D eigenvalue weighted by atomic mass is 35.5. The number of nitrogens with one attached hydrogen (secondary N) is 1. The van der Waals surface area contributed by atoms with Crippen molar-refractivity contribution in [3.05, 3.63) is 79.9 Å². The predicted molar refractivity (Wildman–Crippen MR) is 148 cm³/mol. The van der Waals surface area contributed by atoms with Crippen LogP contribution in [0.15, 0.2) is 58.5 Å². The van der Waals surface area contributed by atoms with Crippen molar-refractivity contribution in [3.63, 3.8) is 0 Å². The lowest BCUT2D eigenvalue weighted by Crippen LogP contribution is -2.28. The van der Waals surface area contributed by atoms with Crippen molar-refractivity contribution in [1.82, 2.24) is 9.55 Å². The summed E-state index contributed by atoms with van der Waals surface area (Å²) in [7, 11) is 0. The molecule has 36 heavy (non-hydrogen) atoms. The SMILES string of the molecule is Cc1cccc(-n2c(SCC(=O)Nc3ccc(Cl)cc3)nc3sc4c(c3c2=O)C[C@@H](C(C)C)OC4)c1. The molecule has 2 aromatic heterocycles. The summed E-state index contributed by atoms with van der Waals surface area (Å²) >= 11 is 8.69. The first kappa shape index (κ1) is 25.0. The average molecular weight is 540 g/mol. The Labute approximate surface area is 222 Å². The molecule has 1 aliphatic heterocycles. The minimum Gasteiger partial charge on any atom is -0.372 e. The number of carbonyl (C=O) groups excluding carboxylic acids is 1. The standard InChI is InChI=1S/C27H26ClN3O3S2/c1-15(2)21-12-20-22(13-34-21)36-25-24(20)26(33)31(19-6-4-5-16(3)11-19)27(30-25)35-14-23(32)29-18-9-7-17(28)8-10-18/h4-11,15,21H,12-14H2,1-3H3,(H,29,32)/t21-/m0/s1. The second kappa shape index (κ2) is 10.4. The van der Waals surface area contributed by atoms with Crippen molar-refractivity contribution in [2.24, 2.45) is 5.92 Å². The number of anilines is 1. The Morgan fingerprint density at radius 2 is 2.06 bits per heavy atom. The van der Waals surface area contributed by atoms with E-state index in [-0.39, 0.29) is 23.3 Å². The van der Waals surface area contributed by atoms with Crippen LogP contribution in [0.4, 0.5) is 5.69 Å². The van der Waals surface area contributed by atoms with Crippen molar-refractivity contribution in [2.75, 3.05) is 11.1 Å². The molecule has 9 heteroatoms. The number of ether oxygens (including phenoxy) is 1. The third-order valence-electron chi connectivity index (χ3n) is 6.18. The van der Waals surface area contributed by atoms with Gasteiger partial charge in [-0.15, -0.1) is 11.3 Å². The highest BCUT2D eigenvalue weighted by Gasteiger charge is 2.29. The molecule has 186 valence electrons. The molecule has 0 saturated heterocycles. The van der Waals surface area contributed by atoms with E-state index in [1.165, 1.54) is 23.1 Å². The van der Waals surface area contributed by atoms with E-state index in [2.05, 4.69) is 19.2 Å². The highest BCUT2D eigenvalue weighted by Crippen LogP contribution is 2.36. The maximum atomic E-state index is 14.0. The van der Waals surface area contributed by atoms with Crippen LogP contribution in [-0.4, -0.2) is 27.3 Å². The number of hydrogen-bond donors (Lipinski definition) is 1. The van der Waals surface area contributed by atoms with Crippen LogP contribution in [0.5, 0.6) is 0 Å². The molecule has 4 aromatic rings. The van der Waals surface area contributed by atoms with E-state index in [1.54, 1.807) is 28.8 Å². The molecule has 1 aliphatic rings. The van der Waals surface area contributed by atoms with E-state index in [9.17, 15) is 9.59 Å². The summed E-state index contributed by atoms with van der Waals surface area (Å²) in [5.41, 5.74) is 3.39. The van der Waals surface area contributed by atoms with Gasteiger partial charge in [-0.1, -0.05) is 49.3 Å². The number of amides is 1. The Hall–Kier alpha value is -2.65. The Morgan fingerprint density at radius 3 is 2.78 bits per heavy atom. The first-order valence-corrected chi connectivity index (χ1v) is 13.9. The highest BCUT2D eigenvalue weighted by molar-refractivity contribution is 7.99. The fourth-order valence-corrected chi connectivity index (χ4v) is 6.39. The third-order valence-corrected chi connectivity index (χ3v) is 8.47. The fraction of sp³-hybridized carbons (Fsp3) is 0.296. The molecular weight excluding hydrogens is 514 g/mol. The van der Waals surface area contributed by atoms with E-state index in [1.807, 2.05) is 31.2 Å². The molecule has 0 unspecified atom stereocenters. The molecule has 1 atom stereocenters. The number of aryl methyl sites for hydroxylation is 1. The number of hydrogen-bond acceptors (Lipinski definition) is 6. The van der Waals surface area contributed by atoms with Crippen LogP contribution in [0.25, 0.3) is 15.9 Å². The van der Waals surface area contributed by atoms with Gasteiger partial charge in [-0.3, -0.25) is 14.2 Å². The molecule has 0 fully saturated rings. The topological polar surface area (TPSA) is 73.2 Å². The zero-order valence-corrected chi connectivity index (χ0v) is 22.6. The predicted octanol–water partition coefficient (Wildman–Crippen LogP) is 6.24. The zero-order chi connectivity index (χ0) is 25.4. The maximum Gasteiger partial charge on any atom is 0.267 e. The number of benzene rings is 2. The molecule has 1 N–H and O–H groups in total. The van der Waals surface area contributed by atoms with Crippen LogP contribution < -0.4 is 10.9 Å². The van der Waals surface area contributed by atoms with Crippen LogP contribution in [0.1, 0.15) is 29.9 Å². The van der Waals surface area contributed by atoms with Crippen molar-refractivity contribution in [1.29, 1.82) is 0 Å². The Morgan fingerprint density at radius 1 is 1.28 bits per heavy atom. The smallest absolute Gasteiger partial charge is 0.267 e. The number of thioether (sulfide) groups is 1. The van der Waals surface area contributed by atoms with E-state index in [4.69, 9.17) is 21.3 Å². The molecule has 0 radical (unpaired) electrons. The molecule has 1 amide bonds. The maximum absolute atomic E-state index is 14.0. The molecule has 5 rings (SSSR count). The van der Waals surface area contributed by atoms with Gasteiger partial charge in [0.25, 0.3) is 5.56 Å². The summed E-state index contributed by atoms with van der Waals surface area (Å²) in [6.45, 7) is 6.76. The second-order valence-electron chi connectivity index (χ2n) is 9.20. The lowest BCUT2D eigenvalue weighted by atomic mass is 9.96.